The first kappa shape index (κ1) is 137. The Morgan fingerprint density at radius 2 is 0.741 bits per heavy atom. The number of nitrogens with one attached hydrogen (secondary N) is 3. The average molecular weight is 1940 g/mol. The lowest BCUT2D eigenvalue weighted by Gasteiger charge is -2.32. The lowest BCUT2D eigenvalue weighted by Crippen LogP contribution is -2.44. The van der Waals surface area contributed by atoms with E-state index in [9.17, 15) is 47.9 Å². The van der Waals surface area contributed by atoms with Crippen molar-refractivity contribution in [2.75, 3.05) is 52.1 Å². The predicted molar refractivity (Wildman–Crippen MR) is 511 cm³/mol. The van der Waals surface area contributed by atoms with Crippen LogP contribution in [0.15, 0.2) is 11.6 Å². The Hall–Kier alpha value is -8.41. The summed E-state index contributed by atoms with van der Waals surface area (Å²) in [6.07, 6.45) is 47.4. The molecule has 0 radical (unpaired) electrons. The molecule has 0 aromatic carbocycles. The summed E-state index contributed by atoms with van der Waals surface area (Å²) in [5.41, 5.74) is 5.40. The second-order valence-electron chi connectivity index (χ2n) is 37.8. The number of halogens is 1. The predicted octanol–water partition coefficient (Wildman–Crippen LogP) is 20.2. The van der Waals surface area contributed by atoms with E-state index in [-0.39, 0.29) is 119 Å². The first-order valence-corrected chi connectivity index (χ1v) is 50.4. The van der Waals surface area contributed by atoms with E-state index in [4.69, 9.17) is 93.7 Å². The molecule has 0 aliphatic heterocycles. The fraction of sp³-hybridized carbons (Fsp3) is 0.835. The first-order chi connectivity index (χ1) is 63.9. The molecule has 5 N–H and O–H groups in total. The van der Waals surface area contributed by atoms with Crippen LogP contribution in [0.2, 0.25) is 0 Å². The molecule has 0 spiro atoms. The van der Waals surface area contributed by atoms with E-state index in [1.807, 2.05) is 76.2 Å². The molecule has 0 bridgehead atoms. The highest BCUT2D eigenvalue weighted by Crippen LogP contribution is 2.40. The summed E-state index contributed by atoms with van der Waals surface area (Å²) < 4.78 is 35.5. The number of nitrogens with two attached hydrogens (primary N) is 1. The van der Waals surface area contributed by atoms with Crippen molar-refractivity contribution in [2.24, 2.45) is 81.2 Å². The van der Waals surface area contributed by atoms with Crippen LogP contribution in [0.5, 0.6) is 0 Å². The molecule has 32 heteroatoms. The van der Waals surface area contributed by atoms with Gasteiger partial charge in [-0.1, -0.05) is 126 Å². The van der Waals surface area contributed by atoms with Crippen molar-refractivity contribution in [2.45, 2.75) is 426 Å². The number of carbonyl (C=O) groups excluding carboxylic acids is 20. The normalized spacial score (nSPS) is 22.1. The van der Waals surface area contributed by atoms with E-state index in [2.05, 4.69) is 82.2 Å². The Kier molecular flexibility index (Phi) is 88.6. The van der Waals surface area contributed by atoms with Crippen LogP contribution in [0.1, 0.15) is 402 Å². The van der Waals surface area contributed by atoms with Crippen LogP contribution >= 0.6 is 11.6 Å². The number of aldehydes is 1. The molecule has 4 unspecified atom stereocenters. The van der Waals surface area contributed by atoms with Gasteiger partial charge in [0.1, 0.15) is 24.1 Å². The average Bonchev–Trinajstić information content (AvgIpc) is 0.861. The van der Waals surface area contributed by atoms with Crippen molar-refractivity contribution in [3.8, 4) is 0 Å². The highest BCUT2D eigenvalue weighted by atomic mass is 35.5. The third kappa shape index (κ3) is 74.4. The van der Waals surface area contributed by atoms with Gasteiger partial charge in [-0.25, -0.2) is 14.4 Å². The molecule has 31 nitrogen and oxygen atoms in total. The number of esters is 6. The molecule has 0 saturated heterocycles. The van der Waals surface area contributed by atoms with Gasteiger partial charge in [0.05, 0.1) is 61.8 Å². The monoisotopic (exact) mass is 1940 g/mol. The van der Waals surface area contributed by atoms with Crippen LogP contribution < -0.4 is 21.7 Å². The van der Waals surface area contributed by atoms with E-state index >= 15 is 0 Å². The molecule has 0 heterocycles. The maximum atomic E-state index is 12.1. The Balaban J connectivity index is -0.000000353. The number of ketones is 1. The van der Waals surface area contributed by atoms with Gasteiger partial charge in [-0.15, -0.1) is 11.6 Å². The van der Waals surface area contributed by atoms with E-state index in [1.54, 1.807) is 6.92 Å². The smallest absolute Gasteiger partial charge is 0.407 e. The van der Waals surface area contributed by atoms with Crippen molar-refractivity contribution < 1.29 is 129 Å². The number of alkyl carbamates (subject to hydrolysis) is 1. The molecule has 3 amide bonds. The Bertz CT molecular complexity index is 3210. The second kappa shape index (κ2) is 87.1. The lowest BCUT2D eigenvalue weighted by molar-refractivity contribution is -0.193. The molecular formula is C103H179ClN4O27. The maximum absolute atomic E-state index is 12.1. The topological polar surface area (TPSA) is 468 Å². The maximum Gasteiger partial charge on any atom is 0.407 e. The molecule has 6 aliphatic carbocycles. The highest BCUT2D eigenvalue weighted by Gasteiger charge is 2.38. The molecule has 780 valence electrons. The minimum absolute atomic E-state index is 0.00308. The van der Waals surface area contributed by atoms with Gasteiger partial charge in [0.25, 0.3) is 0 Å². The SMILES string of the molecule is CC(C)(C)OC(=O)NC1CCC(CC=O)CC1.CCOC(=O)/C(=C/CC1CCC(C)CC1)CC.CCOC(=O)C(C)(CC)CCC1CCC(C)CC1.CCOC(=O)C(C)(CC)CCC1CCC(N)CC1.CCOC(=O)C(C)(CC)CCC1CCC(NC(=O)NCCCl)CC1.CCOC(=O)C(CC)CCC1CCC(C)CC1.CCOC(=O)CC(C)=O.O=C=O.O=C=O.O=C=O.O=C=O.O=C=O. The number of urea groups is 1. The zero-order valence-electron chi connectivity index (χ0n) is 86.6. The lowest BCUT2D eigenvalue weighted by atomic mass is 9.75. The quantitative estimate of drug-likeness (QED) is 0.0111. The number of Topliss-reactive ketones (excluding diaryl/α,β-unsaturated/α-hetero) is 1. The van der Waals surface area contributed by atoms with Gasteiger partial charge in [-0.2, -0.15) is 47.9 Å². The van der Waals surface area contributed by atoms with E-state index < -0.39 is 11.6 Å². The van der Waals surface area contributed by atoms with E-state index in [0.29, 0.717) is 76.4 Å². The van der Waals surface area contributed by atoms with Crippen LogP contribution in [-0.4, -0.2) is 167 Å². The number of carbonyl (C=O) groups is 10. The van der Waals surface area contributed by atoms with Gasteiger partial charge >= 0.3 is 78.7 Å². The third-order valence-corrected chi connectivity index (χ3v) is 26.4. The first-order valence-electron chi connectivity index (χ1n) is 49.9. The van der Waals surface area contributed by atoms with Crippen molar-refractivity contribution in [3.63, 3.8) is 0 Å². The van der Waals surface area contributed by atoms with E-state index in [0.717, 1.165) is 195 Å². The molecule has 135 heavy (non-hydrogen) atoms. The Morgan fingerprint density at radius 3 is 1.05 bits per heavy atom. The molecule has 4 atom stereocenters. The fourth-order valence-electron chi connectivity index (χ4n) is 16.7. The number of hydrogen-bond acceptors (Lipinski definition) is 28. The standard InChI is InChI=1S/C18H33ClN2O3.C16H30O2.C15H29NO2.C15H28O2.C15H26O2.C13H23NO3.C6H10O3.5CO2/c1-4-18(3,16(22)24-5-2)11-10-14-6-8-15(9-7-14)21-17(23)20-13-12-19;1-5-16(4,15(17)18-6-2)12-11-14-9-7-13(3)8-10-14;1-4-15(3,14(17)18-5-2)11-10-12-6-8-13(16)9-7-12;2*1-4-14(15(16)17-5-2)11-10-13-8-6-12(3)7-9-13;1-13(2,3)17-12(16)14-11-6-4-10(5-7-11)8-9-15;1-3-9-6(8)4-5(2)7;5*2-1-3/h14-15H,4-13H2,1-3H3,(H2,20,21,23);13-14H,5-12H2,1-4H3;12-13H,4-11,16H2,1-3H3;12-14H,4-11H2,1-3H3;11-13H,4-10H2,1-3H3;9-11H,4-8H2,1-3H3,(H,14,16);3-4H2,1-2H3;;;;;/b;;;;14-11+;;;;;;;. The Morgan fingerprint density at radius 1 is 0.422 bits per heavy atom. The summed E-state index contributed by atoms with van der Waals surface area (Å²) in [7, 11) is 0. The van der Waals surface area contributed by atoms with Crippen molar-refractivity contribution >= 4 is 102 Å². The molecule has 0 aromatic rings. The van der Waals surface area contributed by atoms with Crippen LogP contribution in [0.25, 0.3) is 0 Å². The molecule has 0 aromatic heterocycles. The summed E-state index contributed by atoms with van der Waals surface area (Å²) in [6, 6.07) is 0.732. The van der Waals surface area contributed by atoms with Gasteiger partial charge in [-0.3, -0.25) is 28.8 Å². The van der Waals surface area contributed by atoms with Crippen LogP contribution in [-0.2, 0) is 119 Å². The highest BCUT2D eigenvalue weighted by molar-refractivity contribution is 6.18. The largest absolute Gasteiger partial charge is 0.466 e. The number of allylic oxidation sites excluding steroid dienone is 1. The van der Waals surface area contributed by atoms with Crippen molar-refractivity contribution in [1.29, 1.82) is 0 Å². The third-order valence-electron chi connectivity index (χ3n) is 26.2. The molecule has 6 aliphatic rings. The number of ether oxygens (including phenoxy) is 7. The summed E-state index contributed by atoms with van der Waals surface area (Å²) in [6.45, 7) is 44.7. The summed E-state index contributed by atoms with van der Waals surface area (Å²) in [5.74, 6) is 6.83. The summed E-state index contributed by atoms with van der Waals surface area (Å²) in [5, 5.41) is 8.63. The van der Waals surface area contributed by atoms with Gasteiger partial charge in [0.15, 0.2) is 0 Å². The van der Waals surface area contributed by atoms with Crippen molar-refractivity contribution in [1.82, 2.24) is 16.0 Å². The fourth-order valence-corrected chi connectivity index (χ4v) is 16.8. The number of rotatable bonds is 38. The van der Waals surface area contributed by atoms with Crippen molar-refractivity contribution in [3.05, 3.63) is 11.6 Å². The van der Waals surface area contributed by atoms with Crippen LogP contribution in [0.4, 0.5) is 9.59 Å². The summed E-state index contributed by atoms with van der Waals surface area (Å²) >= 11 is 5.56. The molecular weight excluding hydrogens is 1760 g/mol. The second-order valence-corrected chi connectivity index (χ2v) is 38.2. The Labute approximate surface area is 814 Å². The minimum Gasteiger partial charge on any atom is -0.466 e. The number of hydrogen-bond donors (Lipinski definition) is 4. The van der Waals surface area contributed by atoms with Gasteiger partial charge in [0.2, 0.25) is 0 Å². The summed E-state index contributed by atoms with van der Waals surface area (Å²) in [4.78, 5) is 195. The number of amides is 3. The molecule has 6 saturated carbocycles. The van der Waals surface area contributed by atoms with Gasteiger partial charge in [-0.05, 0) is 323 Å². The van der Waals surface area contributed by atoms with Gasteiger partial charge < -0.3 is 59.6 Å². The van der Waals surface area contributed by atoms with Crippen LogP contribution in [0.3, 0.4) is 0 Å². The van der Waals surface area contributed by atoms with Crippen LogP contribution in [0, 0.1) is 75.4 Å². The van der Waals surface area contributed by atoms with E-state index in [1.165, 1.54) is 110 Å². The molecule has 6 fully saturated rings. The van der Waals surface area contributed by atoms with Gasteiger partial charge in [0, 0.05) is 42.5 Å². The zero-order chi connectivity index (χ0) is 104. The zero-order valence-corrected chi connectivity index (χ0v) is 87.3. The molecule has 6 rings (SSSR count). The minimum atomic E-state index is -0.446. The number of alkyl halides is 1.